The second-order valence-electron chi connectivity index (χ2n) is 6.93. The van der Waals surface area contributed by atoms with Crippen molar-refractivity contribution in [2.45, 2.75) is 31.5 Å². The molecule has 0 radical (unpaired) electrons. The second kappa shape index (κ2) is 7.88. The van der Waals surface area contributed by atoms with Crippen LogP contribution in [-0.2, 0) is 12.7 Å². The fraction of sp³-hybridized carbons (Fsp3) is 0.238. The number of hydrogen-bond donors (Lipinski definition) is 0. The maximum absolute atomic E-state index is 12.8. The zero-order valence-corrected chi connectivity index (χ0v) is 16.4. The van der Waals surface area contributed by atoms with E-state index in [0.717, 1.165) is 30.1 Å². The number of aldehydes is 1. The molecule has 1 saturated carbocycles. The minimum absolute atomic E-state index is 0.215. The Bertz CT molecular complexity index is 1100. The topological polar surface area (TPSA) is 69.9 Å². The van der Waals surface area contributed by atoms with Crippen molar-refractivity contribution in [3.63, 3.8) is 0 Å². The summed E-state index contributed by atoms with van der Waals surface area (Å²) in [5, 5.41) is 9.61. The molecule has 0 N–H and O–H groups in total. The van der Waals surface area contributed by atoms with Gasteiger partial charge in [-0.3, -0.25) is 9.78 Å². The van der Waals surface area contributed by atoms with E-state index in [2.05, 4.69) is 16.0 Å². The molecule has 0 atom stereocenters. The van der Waals surface area contributed by atoms with Gasteiger partial charge in [0.1, 0.15) is 11.4 Å². The second-order valence-corrected chi connectivity index (χ2v) is 7.94. The van der Waals surface area contributed by atoms with E-state index in [-0.39, 0.29) is 6.54 Å². The van der Waals surface area contributed by atoms with Crippen LogP contribution in [0.25, 0.3) is 0 Å². The molecular formula is C21H15F3N4OS. The van der Waals surface area contributed by atoms with Crippen molar-refractivity contribution >= 4 is 28.4 Å². The highest BCUT2D eigenvalue weighted by Crippen LogP contribution is 2.46. The SMILES string of the molecule is N#Cc1ccc(N(Cc2ccc(C(F)(F)F)nc2)c2nc(C=O)c(C3CC3)s2)cc1. The van der Waals surface area contributed by atoms with Gasteiger partial charge in [-0.1, -0.05) is 6.07 Å². The number of anilines is 2. The van der Waals surface area contributed by atoms with E-state index >= 15 is 0 Å². The molecule has 3 aromatic rings. The highest BCUT2D eigenvalue weighted by Gasteiger charge is 2.33. The van der Waals surface area contributed by atoms with Crippen LogP contribution < -0.4 is 4.90 Å². The van der Waals surface area contributed by atoms with Gasteiger partial charge < -0.3 is 4.90 Å². The molecule has 0 amide bonds. The summed E-state index contributed by atoms with van der Waals surface area (Å²) < 4.78 is 38.4. The van der Waals surface area contributed by atoms with Gasteiger partial charge >= 0.3 is 6.18 Å². The number of hydrogen-bond acceptors (Lipinski definition) is 6. The molecule has 4 rings (SSSR count). The quantitative estimate of drug-likeness (QED) is 0.488. The van der Waals surface area contributed by atoms with Gasteiger partial charge in [-0.2, -0.15) is 18.4 Å². The summed E-state index contributed by atoms with van der Waals surface area (Å²) in [6.07, 6.45) is -0.539. The molecule has 1 aliphatic rings. The number of halogens is 3. The van der Waals surface area contributed by atoms with Crippen LogP contribution in [0.4, 0.5) is 24.0 Å². The summed E-state index contributed by atoms with van der Waals surface area (Å²) >= 11 is 1.41. The molecule has 0 spiro atoms. The molecule has 0 unspecified atom stereocenters. The third-order valence-corrected chi connectivity index (χ3v) is 5.98. The van der Waals surface area contributed by atoms with Crippen molar-refractivity contribution in [3.05, 3.63) is 70.0 Å². The lowest BCUT2D eigenvalue weighted by molar-refractivity contribution is -0.141. The number of rotatable bonds is 6. The zero-order chi connectivity index (χ0) is 21.3. The molecule has 0 aliphatic heterocycles. The molecule has 5 nitrogen and oxygen atoms in total. The molecule has 1 fully saturated rings. The van der Waals surface area contributed by atoms with Crippen LogP contribution in [0, 0.1) is 11.3 Å². The fourth-order valence-corrected chi connectivity index (χ4v) is 4.24. The highest BCUT2D eigenvalue weighted by atomic mass is 32.1. The van der Waals surface area contributed by atoms with E-state index < -0.39 is 11.9 Å². The summed E-state index contributed by atoms with van der Waals surface area (Å²) in [7, 11) is 0. The lowest BCUT2D eigenvalue weighted by atomic mass is 10.2. The van der Waals surface area contributed by atoms with Gasteiger partial charge in [0.15, 0.2) is 11.4 Å². The van der Waals surface area contributed by atoms with Crippen LogP contribution in [0.3, 0.4) is 0 Å². The zero-order valence-electron chi connectivity index (χ0n) is 15.6. The van der Waals surface area contributed by atoms with Gasteiger partial charge in [-0.15, -0.1) is 11.3 Å². The molecule has 152 valence electrons. The number of nitrogens with zero attached hydrogens (tertiary/aromatic N) is 4. The molecular weight excluding hydrogens is 413 g/mol. The summed E-state index contributed by atoms with van der Waals surface area (Å²) in [6, 6.07) is 11.2. The van der Waals surface area contributed by atoms with Crippen LogP contribution in [0.5, 0.6) is 0 Å². The first-order valence-corrected chi connectivity index (χ1v) is 9.96. The van der Waals surface area contributed by atoms with Crippen LogP contribution in [0.2, 0.25) is 0 Å². The maximum atomic E-state index is 12.8. The Labute approximate surface area is 174 Å². The normalized spacial score (nSPS) is 13.7. The predicted molar refractivity (Wildman–Crippen MR) is 106 cm³/mol. The number of carbonyl (C=O) groups excluding carboxylic acids is 1. The third-order valence-electron chi connectivity index (χ3n) is 4.72. The third kappa shape index (κ3) is 4.19. The van der Waals surface area contributed by atoms with Crippen molar-refractivity contribution in [2.75, 3.05) is 4.90 Å². The number of nitriles is 1. The van der Waals surface area contributed by atoms with E-state index in [9.17, 15) is 18.0 Å². The van der Waals surface area contributed by atoms with Gasteiger partial charge in [0.25, 0.3) is 0 Å². The van der Waals surface area contributed by atoms with Crippen LogP contribution in [0.15, 0.2) is 42.6 Å². The first-order valence-electron chi connectivity index (χ1n) is 9.15. The largest absolute Gasteiger partial charge is 0.433 e. The minimum Gasteiger partial charge on any atom is -0.313 e. The molecule has 0 bridgehead atoms. The highest BCUT2D eigenvalue weighted by molar-refractivity contribution is 7.16. The van der Waals surface area contributed by atoms with E-state index in [1.54, 1.807) is 24.3 Å². The number of pyridine rings is 1. The van der Waals surface area contributed by atoms with Gasteiger partial charge in [0.2, 0.25) is 0 Å². The monoisotopic (exact) mass is 428 g/mol. The summed E-state index contributed by atoms with van der Waals surface area (Å²) in [6.45, 7) is 0.215. The maximum Gasteiger partial charge on any atom is 0.433 e. The van der Waals surface area contributed by atoms with Crippen molar-refractivity contribution in [3.8, 4) is 6.07 Å². The average molecular weight is 428 g/mol. The molecule has 1 aliphatic carbocycles. The van der Waals surface area contributed by atoms with E-state index in [1.807, 2.05) is 4.90 Å². The van der Waals surface area contributed by atoms with Crippen molar-refractivity contribution < 1.29 is 18.0 Å². The Hall–Kier alpha value is -3.25. The first-order chi connectivity index (χ1) is 14.4. The Morgan fingerprint density at radius 3 is 2.47 bits per heavy atom. The Morgan fingerprint density at radius 2 is 1.93 bits per heavy atom. The van der Waals surface area contributed by atoms with E-state index in [1.165, 1.54) is 23.6 Å². The molecule has 0 saturated heterocycles. The molecule has 2 heterocycles. The summed E-state index contributed by atoms with van der Waals surface area (Å²) in [5.41, 5.74) is 1.21. The summed E-state index contributed by atoms with van der Waals surface area (Å²) in [5.74, 6) is 0.340. The standard InChI is InChI=1S/C21H15F3N4OS/c22-21(23,24)18-8-3-14(10-26-18)11-28(16-6-1-13(9-25)2-7-16)20-27-17(12-29)19(30-20)15-4-5-15/h1-3,6-8,10,12,15H,4-5,11H2. The Balaban J connectivity index is 1.70. The van der Waals surface area contributed by atoms with Crippen LogP contribution >= 0.6 is 11.3 Å². The fourth-order valence-electron chi connectivity index (χ4n) is 3.02. The molecule has 9 heteroatoms. The lowest BCUT2D eigenvalue weighted by Crippen LogP contribution is -2.17. The van der Waals surface area contributed by atoms with Gasteiger partial charge in [-0.05, 0) is 54.7 Å². The van der Waals surface area contributed by atoms with Crippen molar-refractivity contribution in [1.29, 1.82) is 5.26 Å². The van der Waals surface area contributed by atoms with E-state index in [4.69, 9.17) is 5.26 Å². The molecule has 2 aromatic heterocycles. The van der Waals surface area contributed by atoms with Crippen LogP contribution in [0.1, 0.15) is 50.9 Å². The number of alkyl halides is 3. The molecule has 1 aromatic carbocycles. The number of carbonyl (C=O) groups is 1. The number of aromatic nitrogens is 2. The van der Waals surface area contributed by atoms with Crippen LogP contribution in [-0.4, -0.2) is 16.3 Å². The Morgan fingerprint density at radius 1 is 1.20 bits per heavy atom. The first kappa shape index (κ1) is 20.0. The van der Waals surface area contributed by atoms with Crippen molar-refractivity contribution in [2.24, 2.45) is 0 Å². The average Bonchev–Trinajstić information content (AvgIpc) is 3.50. The summed E-state index contributed by atoms with van der Waals surface area (Å²) in [4.78, 5) is 22.2. The van der Waals surface area contributed by atoms with Gasteiger partial charge in [0, 0.05) is 16.8 Å². The minimum atomic E-state index is -4.50. The van der Waals surface area contributed by atoms with Gasteiger partial charge in [-0.25, -0.2) is 4.98 Å². The number of benzene rings is 1. The lowest BCUT2D eigenvalue weighted by Gasteiger charge is -2.22. The smallest absolute Gasteiger partial charge is 0.313 e. The molecule has 30 heavy (non-hydrogen) atoms. The number of thiazole rings is 1. The van der Waals surface area contributed by atoms with Gasteiger partial charge in [0.05, 0.1) is 18.2 Å². The van der Waals surface area contributed by atoms with E-state index in [0.29, 0.717) is 33.6 Å². The van der Waals surface area contributed by atoms with Crippen molar-refractivity contribution in [1.82, 2.24) is 9.97 Å². The predicted octanol–water partition coefficient (Wildman–Crippen LogP) is 5.46. The Kier molecular flexibility index (Phi) is 5.26.